The van der Waals surface area contributed by atoms with Gasteiger partial charge in [-0.1, -0.05) is 25.1 Å². The molecule has 2 aromatic rings. The van der Waals surface area contributed by atoms with E-state index in [-0.39, 0.29) is 0 Å². The smallest absolute Gasteiger partial charge is 0.170 e. The summed E-state index contributed by atoms with van der Waals surface area (Å²) in [4.78, 5) is 2.73. The van der Waals surface area contributed by atoms with Crippen LogP contribution in [0, 0.1) is 5.41 Å². The van der Waals surface area contributed by atoms with Gasteiger partial charge in [-0.25, -0.2) is 0 Å². The summed E-state index contributed by atoms with van der Waals surface area (Å²) in [7, 11) is 0. The van der Waals surface area contributed by atoms with Crippen molar-refractivity contribution in [3.05, 3.63) is 29.0 Å². The van der Waals surface area contributed by atoms with Gasteiger partial charge in [0.1, 0.15) is 0 Å². The van der Waals surface area contributed by atoms with Crippen LogP contribution in [-0.2, 0) is 12.8 Å². The molecular formula is C20H27N3O. The Morgan fingerprint density at radius 1 is 1.21 bits per heavy atom. The Hall–Kier alpha value is -1.39. The molecule has 3 aliphatic rings. The fourth-order valence-corrected chi connectivity index (χ4v) is 5.20. The third kappa shape index (κ3) is 2.16. The molecule has 1 spiro atoms. The highest BCUT2D eigenvalue weighted by Crippen LogP contribution is 2.47. The first-order valence-electron chi connectivity index (χ1n) is 9.50. The van der Waals surface area contributed by atoms with Crippen LogP contribution in [0.2, 0.25) is 0 Å². The number of hydrogen-bond donors (Lipinski definition) is 1. The number of nitrogens with one attached hydrogen (secondary N) is 1. The third-order valence-corrected chi connectivity index (χ3v) is 6.43. The monoisotopic (exact) mass is 325 g/mol. The Morgan fingerprint density at radius 3 is 2.75 bits per heavy atom. The molecule has 4 nitrogen and oxygen atoms in total. The molecule has 1 N–H and O–H groups in total. The van der Waals surface area contributed by atoms with Crippen molar-refractivity contribution >= 4 is 11.0 Å². The fraction of sp³-hybridized carbons (Fsp3) is 0.650. The maximum absolute atomic E-state index is 5.79. The maximum Gasteiger partial charge on any atom is 0.170 e. The van der Waals surface area contributed by atoms with Crippen molar-refractivity contribution in [2.75, 3.05) is 26.2 Å². The summed E-state index contributed by atoms with van der Waals surface area (Å²) in [6, 6.07) is 5.38. The predicted octanol–water partition coefficient (Wildman–Crippen LogP) is 3.10. The van der Waals surface area contributed by atoms with Crippen molar-refractivity contribution in [3.63, 3.8) is 0 Å². The Morgan fingerprint density at radius 2 is 2.00 bits per heavy atom. The first kappa shape index (κ1) is 14.9. The Balaban J connectivity index is 1.38. The van der Waals surface area contributed by atoms with Crippen molar-refractivity contribution in [3.8, 4) is 0 Å². The van der Waals surface area contributed by atoms with E-state index in [1.54, 1.807) is 0 Å². The highest BCUT2D eigenvalue weighted by atomic mass is 16.5. The molecule has 2 saturated heterocycles. The first-order chi connectivity index (χ1) is 11.7. The summed E-state index contributed by atoms with van der Waals surface area (Å²) in [6.07, 6.45) is 5.02. The number of likely N-dealkylation sites (tertiary alicyclic amines) is 1. The minimum Gasteiger partial charge on any atom is -0.356 e. The van der Waals surface area contributed by atoms with Crippen LogP contribution >= 0.6 is 0 Å². The molecule has 24 heavy (non-hydrogen) atoms. The normalized spacial score (nSPS) is 24.0. The minimum atomic E-state index is 0.416. The average Bonchev–Trinajstić information content (AvgIpc) is 3.15. The van der Waals surface area contributed by atoms with E-state index in [1.807, 2.05) is 0 Å². The summed E-state index contributed by atoms with van der Waals surface area (Å²) in [5.41, 5.74) is 5.58. The second kappa shape index (κ2) is 5.30. The van der Waals surface area contributed by atoms with E-state index in [4.69, 9.17) is 4.52 Å². The molecule has 1 aromatic carbocycles. The summed E-state index contributed by atoms with van der Waals surface area (Å²) in [5, 5.41) is 9.07. The van der Waals surface area contributed by atoms with Gasteiger partial charge in [-0.2, -0.15) is 0 Å². The molecule has 1 aliphatic carbocycles. The predicted molar refractivity (Wildman–Crippen MR) is 95.4 cm³/mol. The zero-order valence-electron chi connectivity index (χ0n) is 14.8. The lowest BCUT2D eigenvalue weighted by molar-refractivity contribution is -0.0327. The number of rotatable bonds is 2. The zero-order valence-corrected chi connectivity index (χ0v) is 14.8. The number of hydrogen-bond acceptors (Lipinski definition) is 4. The zero-order chi connectivity index (χ0) is 16.3. The topological polar surface area (TPSA) is 41.3 Å². The van der Waals surface area contributed by atoms with Crippen molar-refractivity contribution in [1.82, 2.24) is 15.4 Å². The van der Waals surface area contributed by atoms with Crippen LogP contribution in [-0.4, -0.2) is 42.3 Å². The van der Waals surface area contributed by atoms with E-state index in [0.29, 0.717) is 11.3 Å². The molecule has 0 saturated carbocycles. The molecule has 5 rings (SSSR count). The van der Waals surface area contributed by atoms with Gasteiger partial charge in [0.15, 0.2) is 5.58 Å². The summed E-state index contributed by atoms with van der Waals surface area (Å²) in [6.45, 7) is 9.28. The van der Waals surface area contributed by atoms with Crippen LogP contribution in [0.25, 0.3) is 11.0 Å². The molecule has 128 valence electrons. The first-order valence-corrected chi connectivity index (χ1v) is 9.50. The molecule has 2 aliphatic heterocycles. The third-order valence-electron chi connectivity index (χ3n) is 6.43. The molecule has 2 fully saturated rings. The van der Waals surface area contributed by atoms with Crippen molar-refractivity contribution in [2.24, 2.45) is 5.41 Å². The van der Waals surface area contributed by atoms with Gasteiger partial charge in [0.05, 0.1) is 5.69 Å². The minimum absolute atomic E-state index is 0.416. The molecule has 0 atom stereocenters. The van der Waals surface area contributed by atoms with Crippen LogP contribution < -0.4 is 5.32 Å². The van der Waals surface area contributed by atoms with Crippen LogP contribution in [0.4, 0.5) is 0 Å². The molecule has 4 heteroatoms. The summed E-state index contributed by atoms with van der Waals surface area (Å²) in [5.74, 6) is 0.416. The molecule has 1 aromatic heterocycles. The van der Waals surface area contributed by atoms with E-state index in [2.05, 4.69) is 41.4 Å². The van der Waals surface area contributed by atoms with Gasteiger partial charge < -0.3 is 9.84 Å². The quantitative estimate of drug-likeness (QED) is 0.921. The Labute approximate surface area is 143 Å². The lowest BCUT2D eigenvalue weighted by Gasteiger charge is -2.52. The molecule has 3 heterocycles. The van der Waals surface area contributed by atoms with Gasteiger partial charge >= 0.3 is 0 Å². The highest BCUT2D eigenvalue weighted by molar-refractivity contribution is 5.84. The van der Waals surface area contributed by atoms with Crippen LogP contribution in [0.1, 0.15) is 49.4 Å². The molecular weight excluding hydrogens is 298 g/mol. The van der Waals surface area contributed by atoms with Crippen molar-refractivity contribution in [2.45, 2.75) is 51.5 Å². The Bertz CT molecular complexity index is 767. The van der Waals surface area contributed by atoms with Crippen molar-refractivity contribution < 1.29 is 4.52 Å². The molecule has 0 bridgehead atoms. The van der Waals surface area contributed by atoms with Gasteiger partial charge in [0.2, 0.25) is 0 Å². The van der Waals surface area contributed by atoms with Crippen molar-refractivity contribution in [1.29, 1.82) is 0 Å². The van der Waals surface area contributed by atoms with Gasteiger partial charge in [-0.3, -0.25) is 4.90 Å². The van der Waals surface area contributed by atoms with E-state index in [9.17, 15) is 0 Å². The summed E-state index contributed by atoms with van der Waals surface area (Å²) < 4.78 is 5.79. The Kier molecular flexibility index (Phi) is 3.29. The van der Waals surface area contributed by atoms with Crippen LogP contribution in [0.3, 0.4) is 0 Å². The number of nitrogens with zero attached hydrogens (tertiary/aromatic N) is 2. The second-order valence-electron chi connectivity index (χ2n) is 8.54. The van der Waals surface area contributed by atoms with E-state index in [0.717, 1.165) is 17.3 Å². The van der Waals surface area contributed by atoms with E-state index < -0.39 is 0 Å². The van der Waals surface area contributed by atoms with Gasteiger partial charge in [-0.15, -0.1) is 0 Å². The van der Waals surface area contributed by atoms with Crippen LogP contribution in [0.5, 0.6) is 0 Å². The average molecular weight is 325 g/mol. The second-order valence-corrected chi connectivity index (χ2v) is 8.54. The largest absolute Gasteiger partial charge is 0.356 e. The van der Waals surface area contributed by atoms with Gasteiger partial charge in [0, 0.05) is 35.5 Å². The molecule has 0 unspecified atom stereocenters. The fourth-order valence-electron chi connectivity index (χ4n) is 5.20. The van der Waals surface area contributed by atoms with Gasteiger partial charge in [0.25, 0.3) is 0 Å². The van der Waals surface area contributed by atoms with Crippen LogP contribution in [0.15, 0.2) is 16.7 Å². The number of benzene rings is 1. The highest BCUT2D eigenvalue weighted by Gasteiger charge is 2.49. The lowest BCUT2D eigenvalue weighted by atomic mass is 9.75. The number of fused-ring (bicyclic) bond motifs is 3. The standard InChI is InChI=1S/C20H27N3O/c1-13(2)18-16-4-3-14-9-20(10-17(14)19(16)24-22-18)11-23(12-20)15-5-7-21-8-6-15/h3-4,13,15,21H,5-12H2,1-2H3. The number of aromatic nitrogens is 1. The SMILES string of the molecule is CC(C)c1noc2c3c(ccc12)CC1(C3)CN(C2CCNCC2)C1. The molecule has 0 amide bonds. The lowest BCUT2D eigenvalue weighted by Crippen LogP contribution is -2.61. The summed E-state index contributed by atoms with van der Waals surface area (Å²) >= 11 is 0. The maximum atomic E-state index is 5.79. The van der Waals surface area contributed by atoms with Gasteiger partial charge in [-0.05, 0) is 56.3 Å². The molecule has 0 radical (unpaired) electrons. The number of piperidine rings is 1. The van der Waals surface area contributed by atoms with E-state index >= 15 is 0 Å². The van der Waals surface area contributed by atoms with E-state index in [1.165, 1.54) is 68.4 Å².